The van der Waals surface area contributed by atoms with Crippen molar-refractivity contribution in [3.63, 3.8) is 0 Å². The standard InChI is InChI=1S/C64H100N4O18/c1-35(2)28-49(69)82-55-42(9)54(37(4)34-78-62-58(76-15)57(75-14)51(70)45(12)81-62)84-60(73)44(11)56(83-50-29-38(5)68(33-40(7)79-50)27-24-46-22-25-65-26-23-46)41(8)53(85-61-52(71)48(67-77-16)30-39(6)80-61)36(3)31-64(13,59(72)43(55)10)86-63(74)66-32-47-20-18-17-19-21-47/h17-23,25-26,35-45,50-58,61-62,70-71H,24,27-34H2,1-16H3,(H,66,74)/t36-,37-,38-,39+,40-,41+,42-,43+,44+,45+,50-,51+,52+,53-,54?,55+,56-,57+,58+,61-,62+,64-/m0/s1. The topological polar surface area (TPSA) is 260 Å². The third-order valence-corrected chi connectivity index (χ3v) is 17.5. The van der Waals surface area contributed by atoms with Crippen molar-refractivity contribution in [2.45, 2.75) is 226 Å². The molecule has 0 spiro atoms. The monoisotopic (exact) mass is 1210 g/mol. The fourth-order valence-electron chi connectivity index (χ4n) is 12.8. The minimum absolute atomic E-state index is 0.00249. The number of pyridine rings is 1. The van der Waals surface area contributed by atoms with Crippen LogP contribution in [0.25, 0.3) is 0 Å². The molecule has 4 aliphatic heterocycles. The molecule has 1 aromatic carbocycles. The molecular formula is C64H100N4O18. The van der Waals surface area contributed by atoms with E-state index in [1.807, 2.05) is 90.9 Å². The minimum atomic E-state index is -1.97. The first-order valence-electron chi connectivity index (χ1n) is 30.8. The third kappa shape index (κ3) is 18.7. The van der Waals surface area contributed by atoms with Gasteiger partial charge in [0.15, 0.2) is 30.3 Å². The number of alkyl carbamates (subject to hydrolysis) is 1. The van der Waals surface area contributed by atoms with Crippen molar-refractivity contribution >= 4 is 29.5 Å². The average Bonchev–Trinajstić information content (AvgIpc) is 1.67. The Hall–Kier alpha value is -4.72. The summed E-state index contributed by atoms with van der Waals surface area (Å²) in [5.74, 6) is -7.51. The number of cyclic esters (lactones) is 1. The number of benzene rings is 1. The molecule has 4 saturated heterocycles. The maximum absolute atomic E-state index is 16.0. The van der Waals surface area contributed by atoms with Crippen LogP contribution in [0.3, 0.4) is 0 Å². The number of methoxy groups -OCH3 is 2. The van der Waals surface area contributed by atoms with Crippen LogP contribution in [-0.2, 0) is 84.3 Å². The van der Waals surface area contributed by atoms with Gasteiger partial charge in [-0.05, 0) is 89.5 Å². The normalized spacial score (nSPS) is 37.2. The second kappa shape index (κ2) is 32.7. The second-order valence-corrected chi connectivity index (χ2v) is 25.2. The zero-order valence-electron chi connectivity index (χ0n) is 53.5. The van der Waals surface area contributed by atoms with E-state index in [-0.39, 0.29) is 56.2 Å². The molecule has 86 heavy (non-hydrogen) atoms. The van der Waals surface area contributed by atoms with E-state index in [1.54, 1.807) is 47.0 Å². The molecule has 1 unspecified atom stereocenters. The van der Waals surface area contributed by atoms with Crippen molar-refractivity contribution in [1.29, 1.82) is 0 Å². The number of esters is 2. The third-order valence-electron chi connectivity index (χ3n) is 17.5. The predicted octanol–water partition coefficient (Wildman–Crippen LogP) is 7.21. The number of rotatable bonds is 20. The molecule has 0 aliphatic carbocycles. The summed E-state index contributed by atoms with van der Waals surface area (Å²) in [6.45, 7) is 24.8. The molecule has 6 rings (SSSR count). The molecule has 0 radical (unpaired) electrons. The Morgan fingerprint density at radius 3 is 2.14 bits per heavy atom. The molecule has 484 valence electrons. The summed E-state index contributed by atoms with van der Waals surface area (Å²) < 4.78 is 71.1. The molecule has 5 heterocycles. The summed E-state index contributed by atoms with van der Waals surface area (Å²) >= 11 is 0. The van der Waals surface area contributed by atoms with E-state index in [0.29, 0.717) is 13.0 Å². The van der Waals surface area contributed by atoms with Crippen molar-refractivity contribution in [3.8, 4) is 0 Å². The van der Waals surface area contributed by atoms with E-state index in [1.165, 1.54) is 21.3 Å². The highest BCUT2D eigenvalue weighted by Gasteiger charge is 2.53. The lowest BCUT2D eigenvalue weighted by atomic mass is 9.74. The minimum Gasteiger partial charge on any atom is -0.461 e. The van der Waals surface area contributed by atoms with Gasteiger partial charge in [-0.15, -0.1) is 0 Å². The van der Waals surface area contributed by atoms with Gasteiger partial charge in [0, 0.05) is 89.3 Å². The molecule has 4 aliphatic rings. The Kier molecular flexibility index (Phi) is 26.7. The van der Waals surface area contributed by atoms with Gasteiger partial charge in [0.1, 0.15) is 43.7 Å². The Morgan fingerprint density at radius 1 is 0.802 bits per heavy atom. The molecular weight excluding hydrogens is 1110 g/mol. The summed E-state index contributed by atoms with van der Waals surface area (Å²) in [6, 6.07) is 13.2. The zero-order chi connectivity index (χ0) is 63.2. The second-order valence-electron chi connectivity index (χ2n) is 25.2. The van der Waals surface area contributed by atoms with E-state index in [0.717, 1.165) is 24.1 Å². The SMILES string of the molecule is CON=C1C[C@@H](C)O[C@@H](O[C@@H]2[C@@H](C)[C@H](O[C@H]3C[C@H](C)N(CCc4ccncc4)C[C@H](C)O3)[C@@H](C)C(=O)OC([C@@H](C)CO[C@@H]3O[C@H](C)[C@@H](O)[C@@H](OC)[C@H]3OC)[C@H](C)[C@@H](OC(=O)CC(C)C)[C@@H](C)C(=O)[C@@](C)(OC(=O)NCc3ccccc3)C[C@@H]2C)[C@@H]1O. The molecule has 4 fully saturated rings. The van der Waals surface area contributed by atoms with Crippen LogP contribution < -0.4 is 5.32 Å². The molecule has 22 nitrogen and oxygen atoms in total. The first-order valence-corrected chi connectivity index (χ1v) is 30.8. The number of ketones is 1. The molecule has 2 aromatic rings. The van der Waals surface area contributed by atoms with Gasteiger partial charge in [-0.1, -0.05) is 84.0 Å². The number of Topliss-reactive ketones (excluding diaryl/α,β-unsaturated/α-hetero) is 1. The maximum atomic E-state index is 16.0. The summed E-state index contributed by atoms with van der Waals surface area (Å²) in [4.78, 5) is 71.7. The number of hydrogen-bond acceptors (Lipinski definition) is 21. The largest absolute Gasteiger partial charge is 0.461 e. The average molecular weight is 1210 g/mol. The highest BCUT2D eigenvalue weighted by Crippen LogP contribution is 2.41. The number of carbonyl (C=O) groups excluding carboxylic acids is 4. The maximum Gasteiger partial charge on any atom is 0.408 e. The number of oxime groups is 1. The first kappa shape index (κ1) is 70.4. The Morgan fingerprint density at radius 2 is 1.49 bits per heavy atom. The lowest BCUT2D eigenvalue weighted by Gasteiger charge is -2.45. The molecule has 3 N–H and O–H groups in total. The number of carbonyl (C=O) groups is 4. The number of aliphatic hydroxyl groups excluding tert-OH is 2. The molecule has 0 saturated carbocycles. The Balaban J connectivity index is 1.49. The van der Waals surface area contributed by atoms with Gasteiger partial charge in [0.2, 0.25) is 0 Å². The first-order chi connectivity index (χ1) is 40.8. The lowest BCUT2D eigenvalue weighted by Crippen LogP contribution is -2.59. The molecule has 22 heteroatoms. The Bertz CT molecular complexity index is 2460. The van der Waals surface area contributed by atoms with Crippen molar-refractivity contribution in [2.24, 2.45) is 46.6 Å². The Labute approximate surface area is 509 Å². The summed E-state index contributed by atoms with van der Waals surface area (Å²) in [5, 5.41) is 29.9. The highest BCUT2D eigenvalue weighted by molar-refractivity contribution is 5.91. The van der Waals surface area contributed by atoms with Crippen LogP contribution in [0.1, 0.15) is 127 Å². The summed E-state index contributed by atoms with van der Waals surface area (Å²) in [7, 11) is 4.30. The van der Waals surface area contributed by atoms with Crippen LogP contribution in [-0.4, -0.2) is 188 Å². The quantitative estimate of drug-likeness (QED) is 0.0672. The lowest BCUT2D eigenvalue weighted by molar-refractivity contribution is -0.305. The number of aliphatic hydroxyl groups is 2. The fourth-order valence-corrected chi connectivity index (χ4v) is 12.8. The van der Waals surface area contributed by atoms with Crippen molar-refractivity contribution in [1.82, 2.24) is 15.2 Å². The van der Waals surface area contributed by atoms with Gasteiger partial charge >= 0.3 is 18.0 Å². The van der Waals surface area contributed by atoms with Crippen LogP contribution in [0, 0.1) is 41.4 Å². The van der Waals surface area contributed by atoms with Gasteiger partial charge in [0.05, 0.1) is 54.7 Å². The van der Waals surface area contributed by atoms with Gasteiger partial charge in [0.25, 0.3) is 0 Å². The van der Waals surface area contributed by atoms with Crippen LogP contribution in [0.5, 0.6) is 0 Å². The van der Waals surface area contributed by atoms with E-state index in [4.69, 9.17) is 56.9 Å². The molecule has 1 aromatic heterocycles. The van der Waals surface area contributed by atoms with Gasteiger partial charge in [-0.2, -0.15) is 0 Å². The number of amides is 1. The van der Waals surface area contributed by atoms with E-state index < -0.39 is 145 Å². The fraction of sp³-hybridized carbons (Fsp3) is 0.750. The molecule has 1 amide bonds. The molecule has 22 atom stereocenters. The van der Waals surface area contributed by atoms with Crippen molar-refractivity contribution in [2.75, 3.05) is 41.0 Å². The van der Waals surface area contributed by atoms with Crippen LogP contribution >= 0.6 is 0 Å². The van der Waals surface area contributed by atoms with Crippen LogP contribution in [0.2, 0.25) is 0 Å². The smallest absolute Gasteiger partial charge is 0.408 e. The number of nitrogens with zero attached hydrogens (tertiary/aromatic N) is 3. The van der Waals surface area contributed by atoms with Crippen molar-refractivity contribution < 1.29 is 86.3 Å². The van der Waals surface area contributed by atoms with E-state index in [9.17, 15) is 19.8 Å². The number of hydrogen-bond donors (Lipinski definition) is 3. The highest BCUT2D eigenvalue weighted by atomic mass is 16.7. The van der Waals surface area contributed by atoms with Gasteiger partial charge < -0.3 is 72.5 Å². The van der Waals surface area contributed by atoms with E-state index in [2.05, 4.69) is 27.3 Å². The van der Waals surface area contributed by atoms with E-state index >= 15 is 9.59 Å². The predicted molar refractivity (Wildman–Crippen MR) is 317 cm³/mol. The number of nitrogens with one attached hydrogen (secondary N) is 1. The number of aromatic nitrogens is 1. The van der Waals surface area contributed by atoms with Crippen molar-refractivity contribution in [3.05, 3.63) is 66.0 Å². The summed E-state index contributed by atoms with van der Waals surface area (Å²) in [5.41, 5.74) is 0.248. The van der Waals surface area contributed by atoms with Crippen LogP contribution in [0.15, 0.2) is 60.0 Å². The zero-order valence-corrected chi connectivity index (χ0v) is 53.5. The number of ether oxygens (including phenoxy) is 11. The van der Waals surface area contributed by atoms with Gasteiger partial charge in [-0.25, -0.2) is 4.79 Å². The van der Waals surface area contributed by atoms with Crippen LogP contribution in [0.4, 0.5) is 4.79 Å². The van der Waals surface area contributed by atoms with Gasteiger partial charge in [-0.3, -0.25) is 24.3 Å². The summed E-state index contributed by atoms with van der Waals surface area (Å²) in [6.07, 6.45) is -9.49. The molecule has 0 bridgehead atoms.